The van der Waals surface area contributed by atoms with Gasteiger partial charge in [0.25, 0.3) is 5.91 Å². The van der Waals surface area contributed by atoms with Crippen molar-refractivity contribution in [2.24, 2.45) is 0 Å². The molecular formula is C29H26Cl2N2O5. The Kier molecular flexibility index (Phi) is 6.99. The number of halogens is 2. The topological polar surface area (TPSA) is 81.0 Å². The van der Waals surface area contributed by atoms with Gasteiger partial charge in [-0.05, 0) is 73.5 Å². The molecule has 0 saturated carbocycles. The van der Waals surface area contributed by atoms with E-state index in [1.165, 1.54) is 10.1 Å². The van der Waals surface area contributed by atoms with Crippen LogP contribution in [0.1, 0.15) is 27.2 Å². The lowest BCUT2D eigenvalue weighted by molar-refractivity contribution is -0.136. The lowest BCUT2D eigenvalue weighted by atomic mass is 10.1. The van der Waals surface area contributed by atoms with E-state index in [0.717, 1.165) is 11.4 Å². The van der Waals surface area contributed by atoms with Crippen LogP contribution in [0.2, 0.25) is 10.0 Å². The third kappa shape index (κ3) is 4.91. The standard InChI is InChI=1S/C29H26Cl2N2O5/c1-16-4-9-27-26(10-16)32(3)14-20(38-27)15-37-19-6-7-21(24(31)12-19)29(36)33-17(2)22(13-28(34)35)23-11-18(30)5-8-25(23)33/h4-12,20H,13-15H2,1-3H3,(H,34,35)/t20-/m0/s1. The number of aromatic nitrogens is 1. The number of carboxylic acids is 1. The summed E-state index contributed by atoms with van der Waals surface area (Å²) in [6, 6.07) is 16.0. The molecule has 1 aromatic heterocycles. The van der Waals surface area contributed by atoms with E-state index in [0.29, 0.717) is 46.1 Å². The van der Waals surface area contributed by atoms with Crippen molar-refractivity contribution in [1.29, 1.82) is 0 Å². The zero-order valence-corrected chi connectivity index (χ0v) is 22.6. The van der Waals surface area contributed by atoms with Gasteiger partial charge in [0.05, 0.1) is 34.8 Å². The van der Waals surface area contributed by atoms with Crippen molar-refractivity contribution in [2.75, 3.05) is 25.1 Å². The van der Waals surface area contributed by atoms with Crippen molar-refractivity contribution < 1.29 is 24.2 Å². The second-order valence-corrected chi connectivity index (χ2v) is 10.3. The van der Waals surface area contributed by atoms with E-state index in [1.807, 2.05) is 26.1 Å². The van der Waals surface area contributed by atoms with Gasteiger partial charge in [-0.15, -0.1) is 0 Å². The Balaban J connectivity index is 1.36. The number of aliphatic carboxylic acids is 1. The average molecular weight is 553 g/mol. The Morgan fingerprint density at radius 1 is 1.08 bits per heavy atom. The quantitative estimate of drug-likeness (QED) is 0.308. The second kappa shape index (κ2) is 10.2. The van der Waals surface area contributed by atoms with Crippen LogP contribution in [0, 0.1) is 13.8 Å². The molecule has 1 aliphatic heterocycles. The Morgan fingerprint density at radius 2 is 1.87 bits per heavy atom. The first kappa shape index (κ1) is 25.9. The van der Waals surface area contributed by atoms with Crippen LogP contribution in [0.3, 0.4) is 0 Å². The van der Waals surface area contributed by atoms with E-state index >= 15 is 0 Å². The SMILES string of the molecule is Cc1ccc2c(c1)N(C)C[C@@H](COc1ccc(C(=O)n3c(C)c(CC(=O)O)c4cc(Cl)ccc43)c(Cl)c1)O2. The number of fused-ring (bicyclic) bond motifs is 2. The number of benzene rings is 3. The van der Waals surface area contributed by atoms with Crippen LogP contribution in [0.5, 0.6) is 11.5 Å². The summed E-state index contributed by atoms with van der Waals surface area (Å²) in [5.41, 5.74) is 4.12. The molecule has 1 N–H and O–H groups in total. The lowest BCUT2D eigenvalue weighted by Crippen LogP contribution is -2.41. The number of hydrogen-bond donors (Lipinski definition) is 1. The molecule has 0 fully saturated rings. The molecule has 1 aliphatic rings. The maximum absolute atomic E-state index is 13.6. The van der Waals surface area contributed by atoms with Crippen molar-refractivity contribution in [3.63, 3.8) is 0 Å². The maximum atomic E-state index is 13.6. The summed E-state index contributed by atoms with van der Waals surface area (Å²) in [4.78, 5) is 27.2. The maximum Gasteiger partial charge on any atom is 0.307 e. The monoisotopic (exact) mass is 552 g/mol. The van der Waals surface area contributed by atoms with Gasteiger partial charge in [-0.2, -0.15) is 0 Å². The normalized spacial score (nSPS) is 14.8. The van der Waals surface area contributed by atoms with E-state index in [2.05, 4.69) is 11.0 Å². The number of aryl methyl sites for hydroxylation is 1. The smallest absolute Gasteiger partial charge is 0.307 e. The minimum Gasteiger partial charge on any atom is -0.490 e. The Labute approximate surface area is 230 Å². The number of likely N-dealkylation sites (N-methyl/N-ethyl adjacent to an activating group) is 1. The number of nitrogens with zero attached hydrogens (tertiary/aromatic N) is 2. The van der Waals surface area contributed by atoms with Gasteiger partial charge in [-0.25, -0.2) is 0 Å². The largest absolute Gasteiger partial charge is 0.490 e. The van der Waals surface area contributed by atoms with Gasteiger partial charge < -0.3 is 19.5 Å². The van der Waals surface area contributed by atoms with Crippen molar-refractivity contribution in [3.8, 4) is 11.5 Å². The summed E-state index contributed by atoms with van der Waals surface area (Å²) in [5.74, 6) is -0.0345. The minimum absolute atomic E-state index is 0.177. The highest BCUT2D eigenvalue weighted by Crippen LogP contribution is 2.34. The number of anilines is 1. The van der Waals surface area contributed by atoms with Crippen LogP contribution in [0.15, 0.2) is 54.6 Å². The first-order valence-electron chi connectivity index (χ1n) is 12.1. The fourth-order valence-corrected chi connectivity index (χ4v) is 5.32. The molecule has 2 heterocycles. The number of carbonyl (C=O) groups excluding carboxylic acids is 1. The molecule has 38 heavy (non-hydrogen) atoms. The van der Waals surface area contributed by atoms with E-state index in [4.69, 9.17) is 32.7 Å². The molecule has 0 spiro atoms. The van der Waals surface area contributed by atoms with Crippen LogP contribution in [-0.2, 0) is 11.2 Å². The number of rotatable bonds is 6. The average Bonchev–Trinajstić information content (AvgIpc) is 3.13. The predicted octanol–water partition coefficient (Wildman–Crippen LogP) is 6.16. The van der Waals surface area contributed by atoms with Gasteiger partial charge >= 0.3 is 5.97 Å². The second-order valence-electron chi connectivity index (χ2n) is 9.48. The van der Waals surface area contributed by atoms with Gasteiger partial charge in [0.15, 0.2) is 0 Å². The predicted molar refractivity (Wildman–Crippen MR) is 149 cm³/mol. The van der Waals surface area contributed by atoms with Gasteiger partial charge in [0.2, 0.25) is 0 Å². The summed E-state index contributed by atoms with van der Waals surface area (Å²) in [6.07, 6.45) is -0.407. The first-order valence-corrected chi connectivity index (χ1v) is 12.8. The molecule has 5 rings (SSSR count). The van der Waals surface area contributed by atoms with Crippen molar-refractivity contribution in [3.05, 3.63) is 87.0 Å². The summed E-state index contributed by atoms with van der Waals surface area (Å²) in [6.45, 7) is 4.74. The first-order chi connectivity index (χ1) is 18.1. The highest BCUT2D eigenvalue weighted by molar-refractivity contribution is 6.34. The van der Waals surface area contributed by atoms with Gasteiger partial charge in [-0.1, -0.05) is 29.3 Å². The van der Waals surface area contributed by atoms with Crippen molar-refractivity contribution in [1.82, 2.24) is 4.57 Å². The van der Waals surface area contributed by atoms with Gasteiger partial charge in [0.1, 0.15) is 24.2 Å². The van der Waals surface area contributed by atoms with Gasteiger partial charge in [0, 0.05) is 23.2 Å². The zero-order valence-electron chi connectivity index (χ0n) is 21.1. The molecule has 0 amide bonds. The molecule has 9 heteroatoms. The van der Waals surface area contributed by atoms with Crippen LogP contribution in [-0.4, -0.2) is 47.9 Å². The number of ether oxygens (including phenoxy) is 2. The van der Waals surface area contributed by atoms with E-state index < -0.39 is 5.97 Å². The van der Waals surface area contributed by atoms with Crippen LogP contribution >= 0.6 is 23.2 Å². The molecule has 7 nitrogen and oxygen atoms in total. The number of hydrogen-bond acceptors (Lipinski definition) is 5. The fourth-order valence-electron chi connectivity index (χ4n) is 4.89. The molecule has 0 bridgehead atoms. The molecule has 0 radical (unpaired) electrons. The third-order valence-electron chi connectivity index (χ3n) is 6.73. The molecular weight excluding hydrogens is 527 g/mol. The van der Waals surface area contributed by atoms with Crippen LogP contribution in [0.25, 0.3) is 10.9 Å². The molecule has 196 valence electrons. The Hall–Kier alpha value is -3.68. The summed E-state index contributed by atoms with van der Waals surface area (Å²) >= 11 is 12.7. The van der Waals surface area contributed by atoms with Crippen molar-refractivity contribution >= 4 is 51.7 Å². The highest BCUT2D eigenvalue weighted by Gasteiger charge is 2.25. The Morgan fingerprint density at radius 3 is 2.61 bits per heavy atom. The Bertz CT molecular complexity index is 1580. The highest BCUT2D eigenvalue weighted by atomic mass is 35.5. The summed E-state index contributed by atoms with van der Waals surface area (Å²) in [7, 11) is 2.02. The zero-order chi connectivity index (χ0) is 27.1. The molecule has 3 aromatic carbocycles. The van der Waals surface area contributed by atoms with Crippen LogP contribution in [0.4, 0.5) is 5.69 Å². The third-order valence-corrected chi connectivity index (χ3v) is 7.28. The van der Waals surface area contributed by atoms with E-state index in [1.54, 1.807) is 43.3 Å². The van der Waals surface area contributed by atoms with E-state index in [9.17, 15) is 14.7 Å². The fraction of sp³-hybridized carbons (Fsp3) is 0.241. The number of carboxylic acid groups (broad SMARTS) is 1. The summed E-state index contributed by atoms with van der Waals surface area (Å²) < 4.78 is 13.6. The van der Waals surface area contributed by atoms with Crippen molar-refractivity contribution in [2.45, 2.75) is 26.4 Å². The summed E-state index contributed by atoms with van der Waals surface area (Å²) in [5, 5.41) is 10.7. The van der Waals surface area contributed by atoms with E-state index in [-0.39, 0.29) is 29.0 Å². The number of carbonyl (C=O) groups is 2. The van der Waals surface area contributed by atoms with Gasteiger partial charge in [-0.3, -0.25) is 14.2 Å². The molecule has 0 aliphatic carbocycles. The molecule has 1 atom stereocenters. The van der Waals surface area contributed by atoms with Crippen LogP contribution < -0.4 is 14.4 Å². The molecule has 4 aromatic rings. The molecule has 0 unspecified atom stereocenters. The minimum atomic E-state index is -0.995. The lowest BCUT2D eigenvalue weighted by Gasteiger charge is -2.34. The molecule has 0 saturated heterocycles.